The fourth-order valence-electron chi connectivity index (χ4n) is 3.77. The van der Waals surface area contributed by atoms with Crippen molar-refractivity contribution in [3.05, 3.63) is 29.3 Å². The molecule has 1 fully saturated rings. The molecule has 1 aromatic rings. The molecule has 0 aliphatic heterocycles. The summed E-state index contributed by atoms with van der Waals surface area (Å²) >= 11 is 4.38. The first-order valence-electron chi connectivity index (χ1n) is 9.53. The number of hydrogen-bond acceptors (Lipinski definition) is 2. The van der Waals surface area contributed by atoms with Gasteiger partial charge < -0.3 is 5.32 Å². The number of urea groups is 1. The summed E-state index contributed by atoms with van der Waals surface area (Å²) in [6, 6.07) is 4.29. The number of alkyl halides is 3. The van der Waals surface area contributed by atoms with Gasteiger partial charge in [-0.25, -0.2) is 9.10 Å². The highest BCUT2D eigenvalue weighted by Gasteiger charge is 2.46. The second kappa shape index (κ2) is 8.76. The molecule has 1 aliphatic carbocycles. The van der Waals surface area contributed by atoms with Gasteiger partial charge in [0.05, 0.1) is 11.6 Å². The van der Waals surface area contributed by atoms with Crippen molar-refractivity contribution < 1.29 is 18.0 Å². The highest BCUT2D eigenvalue weighted by Crippen LogP contribution is 2.39. The van der Waals surface area contributed by atoms with E-state index in [1.165, 1.54) is 4.31 Å². The number of anilines is 1. The number of amides is 2. The van der Waals surface area contributed by atoms with Crippen molar-refractivity contribution in [2.45, 2.75) is 77.4 Å². The summed E-state index contributed by atoms with van der Waals surface area (Å²) in [4.78, 5) is 12.8. The molecule has 7 heteroatoms. The number of rotatable bonds is 4. The second-order valence-electron chi connectivity index (χ2n) is 7.89. The van der Waals surface area contributed by atoms with E-state index in [0.717, 1.165) is 11.1 Å². The zero-order valence-electron chi connectivity index (χ0n) is 16.3. The monoisotopic (exact) mass is 402 g/mol. The van der Waals surface area contributed by atoms with Crippen LogP contribution in [0.25, 0.3) is 0 Å². The van der Waals surface area contributed by atoms with Gasteiger partial charge in [0.15, 0.2) is 0 Å². The van der Waals surface area contributed by atoms with Crippen LogP contribution in [0.3, 0.4) is 0 Å². The van der Waals surface area contributed by atoms with E-state index in [1.807, 2.05) is 45.9 Å². The van der Waals surface area contributed by atoms with Crippen molar-refractivity contribution in [2.75, 3.05) is 4.31 Å². The molecule has 0 heterocycles. The number of benzene rings is 1. The van der Waals surface area contributed by atoms with Gasteiger partial charge in [0.2, 0.25) is 0 Å². The van der Waals surface area contributed by atoms with Crippen molar-refractivity contribution >= 4 is 24.5 Å². The van der Waals surface area contributed by atoms with Crippen molar-refractivity contribution in [2.24, 2.45) is 5.92 Å². The summed E-state index contributed by atoms with van der Waals surface area (Å²) < 4.78 is 41.2. The van der Waals surface area contributed by atoms with E-state index in [2.05, 4.69) is 18.1 Å². The number of carbonyl (C=O) groups excluding carboxylic acids is 1. The standard InChI is InChI=1S/C20H29F3N2OS/c1-12(2)14-8-7-9-15(13(3)4)18(14)25(27)19(26)24-17-11-6-5-10-16(17)20(21,22)23/h7-9,12-13,16-17,27H,5-6,10-11H2,1-4H3,(H,24,26). The van der Waals surface area contributed by atoms with Gasteiger partial charge in [-0.3, -0.25) is 0 Å². The molecule has 1 N–H and O–H groups in total. The van der Waals surface area contributed by atoms with E-state index in [-0.39, 0.29) is 18.3 Å². The van der Waals surface area contributed by atoms with Crippen LogP contribution in [0.4, 0.5) is 23.7 Å². The molecule has 2 amide bonds. The van der Waals surface area contributed by atoms with E-state index in [4.69, 9.17) is 0 Å². The summed E-state index contributed by atoms with van der Waals surface area (Å²) in [7, 11) is 0. The Hall–Kier alpha value is -1.37. The molecule has 0 spiro atoms. The lowest BCUT2D eigenvalue weighted by Gasteiger charge is -2.35. The Bertz CT molecular complexity index is 635. The maximum Gasteiger partial charge on any atom is 0.393 e. The molecular formula is C20H29F3N2OS. The first-order valence-corrected chi connectivity index (χ1v) is 9.93. The van der Waals surface area contributed by atoms with Crippen LogP contribution in [0.5, 0.6) is 0 Å². The number of halogens is 3. The zero-order valence-corrected chi connectivity index (χ0v) is 17.2. The smallest absolute Gasteiger partial charge is 0.334 e. The van der Waals surface area contributed by atoms with Crippen LogP contribution in [0.2, 0.25) is 0 Å². The van der Waals surface area contributed by atoms with Crippen LogP contribution in [0, 0.1) is 5.92 Å². The Morgan fingerprint density at radius 2 is 1.63 bits per heavy atom. The second-order valence-corrected chi connectivity index (χ2v) is 8.29. The third kappa shape index (κ3) is 5.12. The molecule has 27 heavy (non-hydrogen) atoms. The lowest BCUT2D eigenvalue weighted by Crippen LogP contribution is -2.50. The minimum Gasteiger partial charge on any atom is -0.334 e. The van der Waals surface area contributed by atoms with Crippen molar-refractivity contribution in [1.29, 1.82) is 0 Å². The van der Waals surface area contributed by atoms with Crippen LogP contribution in [0.1, 0.15) is 76.3 Å². The predicted molar refractivity (Wildman–Crippen MR) is 106 cm³/mol. The van der Waals surface area contributed by atoms with Crippen LogP contribution in [0.15, 0.2) is 18.2 Å². The number of thiol groups is 1. The number of para-hydroxylation sites is 1. The van der Waals surface area contributed by atoms with Gasteiger partial charge in [0.1, 0.15) is 0 Å². The van der Waals surface area contributed by atoms with Crippen LogP contribution < -0.4 is 9.62 Å². The van der Waals surface area contributed by atoms with Gasteiger partial charge in [-0.1, -0.05) is 71.6 Å². The Morgan fingerprint density at radius 1 is 1.11 bits per heavy atom. The maximum absolute atomic E-state index is 13.3. The van der Waals surface area contributed by atoms with E-state index in [0.29, 0.717) is 24.9 Å². The Morgan fingerprint density at radius 3 is 2.11 bits per heavy atom. The average Bonchev–Trinajstić information content (AvgIpc) is 2.59. The predicted octanol–water partition coefficient (Wildman–Crippen LogP) is 6.42. The molecule has 2 unspecified atom stereocenters. The van der Waals surface area contributed by atoms with E-state index in [9.17, 15) is 18.0 Å². The van der Waals surface area contributed by atoms with Crippen molar-refractivity contribution in [1.82, 2.24) is 5.32 Å². The summed E-state index contributed by atoms with van der Waals surface area (Å²) in [5.41, 5.74) is 2.56. The van der Waals surface area contributed by atoms with Crippen molar-refractivity contribution in [3.8, 4) is 0 Å². The quantitative estimate of drug-likeness (QED) is 0.560. The minimum atomic E-state index is -4.31. The molecule has 2 atom stereocenters. The average molecular weight is 403 g/mol. The molecule has 2 rings (SSSR count). The number of carbonyl (C=O) groups is 1. The molecule has 1 aromatic carbocycles. The number of nitrogens with one attached hydrogen (secondary N) is 1. The Balaban J connectivity index is 2.29. The Labute approximate surface area is 165 Å². The van der Waals surface area contributed by atoms with Gasteiger partial charge >= 0.3 is 12.2 Å². The van der Waals surface area contributed by atoms with Crippen LogP contribution >= 0.6 is 12.8 Å². The summed E-state index contributed by atoms with van der Waals surface area (Å²) in [5, 5.41) is 2.60. The molecule has 0 aromatic heterocycles. The van der Waals surface area contributed by atoms with Crippen LogP contribution in [-0.2, 0) is 0 Å². The first kappa shape index (κ1) is 21.9. The van der Waals surface area contributed by atoms with Gasteiger partial charge in [-0.2, -0.15) is 13.2 Å². The zero-order chi connectivity index (χ0) is 20.4. The highest BCUT2D eigenvalue weighted by molar-refractivity contribution is 7.82. The van der Waals surface area contributed by atoms with E-state index in [1.54, 1.807) is 0 Å². The van der Waals surface area contributed by atoms with Gasteiger partial charge in [0.25, 0.3) is 0 Å². The summed E-state index contributed by atoms with van der Waals surface area (Å²) in [6.07, 6.45) is -2.70. The highest BCUT2D eigenvalue weighted by atomic mass is 32.1. The minimum absolute atomic E-state index is 0.0564. The van der Waals surface area contributed by atoms with Gasteiger partial charge in [0, 0.05) is 6.04 Å². The molecule has 152 valence electrons. The Kier molecular flexibility index (Phi) is 7.11. The molecule has 0 bridgehead atoms. The molecule has 1 aliphatic rings. The van der Waals surface area contributed by atoms with E-state index < -0.39 is 24.2 Å². The SMILES string of the molecule is CC(C)c1cccc(C(C)C)c1N(S)C(=O)NC1CCCCC1C(F)(F)F. The lowest BCUT2D eigenvalue weighted by atomic mass is 9.84. The fourth-order valence-corrected chi connectivity index (χ4v) is 4.06. The topological polar surface area (TPSA) is 32.3 Å². The molecule has 0 radical (unpaired) electrons. The number of hydrogen-bond donors (Lipinski definition) is 2. The molecule has 3 nitrogen and oxygen atoms in total. The first-order chi connectivity index (χ1) is 12.5. The maximum atomic E-state index is 13.3. The summed E-state index contributed by atoms with van der Waals surface area (Å²) in [5.74, 6) is -1.20. The fraction of sp³-hybridized carbons (Fsp3) is 0.650. The van der Waals surface area contributed by atoms with Crippen molar-refractivity contribution in [3.63, 3.8) is 0 Å². The normalized spacial score (nSPS) is 20.8. The molecular weight excluding hydrogens is 373 g/mol. The molecule has 1 saturated carbocycles. The van der Waals surface area contributed by atoms with Gasteiger partial charge in [-0.05, 0) is 35.8 Å². The third-order valence-corrected chi connectivity index (χ3v) is 5.62. The molecule has 0 saturated heterocycles. The van der Waals surface area contributed by atoms with Gasteiger partial charge in [-0.15, -0.1) is 0 Å². The number of nitrogens with zero attached hydrogens (tertiary/aromatic N) is 1. The lowest BCUT2D eigenvalue weighted by molar-refractivity contribution is -0.187. The van der Waals surface area contributed by atoms with Crippen LogP contribution in [-0.4, -0.2) is 18.2 Å². The summed E-state index contributed by atoms with van der Waals surface area (Å²) in [6.45, 7) is 8.07. The van der Waals surface area contributed by atoms with E-state index >= 15 is 0 Å². The third-order valence-electron chi connectivity index (χ3n) is 5.24. The largest absolute Gasteiger partial charge is 0.393 e.